The maximum absolute atomic E-state index is 3.56. The van der Waals surface area contributed by atoms with E-state index in [1.54, 1.807) is 0 Å². The highest BCUT2D eigenvalue weighted by atomic mass is 15.1. The number of aromatic amines is 1. The zero-order valence-corrected chi connectivity index (χ0v) is 19.2. The van der Waals surface area contributed by atoms with E-state index in [9.17, 15) is 0 Å². The van der Waals surface area contributed by atoms with Crippen LogP contribution >= 0.6 is 0 Å². The zero-order chi connectivity index (χ0) is 22.9. The highest BCUT2D eigenvalue weighted by Crippen LogP contribution is 2.36. The van der Waals surface area contributed by atoms with Gasteiger partial charge in [0.1, 0.15) is 0 Å². The summed E-state index contributed by atoms with van der Waals surface area (Å²) in [7, 11) is 0. The fourth-order valence-corrected chi connectivity index (χ4v) is 4.75. The molecule has 164 valence electrons. The quantitative estimate of drug-likeness (QED) is 0.284. The van der Waals surface area contributed by atoms with Crippen molar-refractivity contribution in [3.63, 3.8) is 0 Å². The first-order valence-corrected chi connectivity index (χ1v) is 11.9. The molecule has 1 heterocycles. The van der Waals surface area contributed by atoms with Gasteiger partial charge in [0.2, 0.25) is 0 Å². The highest BCUT2D eigenvalue weighted by Gasteiger charge is 2.12. The third-order valence-electron chi connectivity index (χ3n) is 6.56. The predicted octanol–water partition coefficient (Wildman–Crippen LogP) is 9.02. The molecule has 6 rings (SSSR count). The minimum atomic E-state index is 1.04. The van der Waals surface area contributed by atoms with Crippen molar-refractivity contribution in [1.29, 1.82) is 0 Å². The lowest BCUT2D eigenvalue weighted by molar-refractivity contribution is 1.15. The summed E-state index contributed by atoms with van der Waals surface area (Å²) in [4.78, 5) is 5.85. The van der Waals surface area contributed by atoms with E-state index in [2.05, 4.69) is 138 Å². The number of hydrogen-bond donors (Lipinski definition) is 1. The number of H-pyrrole nitrogens is 1. The second-order valence-electron chi connectivity index (χ2n) is 8.67. The SMILES string of the molecule is CCc1ccc2[nH]c3ccc(-c4ccc(N(c5ccccc5)c5ccccc5)cc4)cc3c2c1. The Morgan fingerprint density at radius 3 is 1.68 bits per heavy atom. The van der Waals surface area contributed by atoms with Crippen molar-refractivity contribution in [2.75, 3.05) is 4.90 Å². The molecule has 0 fully saturated rings. The normalized spacial score (nSPS) is 11.2. The molecule has 0 radical (unpaired) electrons. The molecule has 0 atom stereocenters. The summed E-state index contributed by atoms with van der Waals surface area (Å²) in [6.07, 6.45) is 1.04. The molecular formula is C32H26N2. The van der Waals surface area contributed by atoms with E-state index in [-0.39, 0.29) is 0 Å². The summed E-state index contributed by atoms with van der Waals surface area (Å²) in [6.45, 7) is 2.21. The fourth-order valence-electron chi connectivity index (χ4n) is 4.75. The topological polar surface area (TPSA) is 19.0 Å². The molecule has 2 heteroatoms. The van der Waals surface area contributed by atoms with Gasteiger partial charge in [-0.15, -0.1) is 0 Å². The van der Waals surface area contributed by atoms with Crippen LogP contribution < -0.4 is 4.90 Å². The molecule has 34 heavy (non-hydrogen) atoms. The van der Waals surface area contributed by atoms with Gasteiger partial charge in [0, 0.05) is 38.9 Å². The maximum atomic E-state index is 3.56. The second kappa shape index (κ2) is 8.57. The van der Waals surface area contributed by atoms with Crippen molar-refractivity contribution in [2.24, 2.45) is 0 Å². The third kappa shape index (κ3) is 3.64. The predicted molar refractivity (Wildman–Crippen MR) is 145 cm³/mol. The van der Waals surface area contributed by atoms with Gasteiger partial charge in [0.15, 0.2) is 0 Å². The van der Waals surface area contributed by atoms with Crippen molar-refractivity contribution in [3.05, 3.63) is 127 Å². The second-order valence-corrected chi connectivity index (χ2v) is 8.67. The first-order valence-electron chi connectivity index (χ1n) is 11.9. The molecule has 0 aliphatic heterocycles. The maximum Gasteiger partial charge on any atom is 0.0465 e. The van der Waals surface area contributed by atoms with Gasteiger partial charge in [-0.2, -0.15) is 0 Å². The summed E-state index contributed by atoms with van der Waals surface area (Å²) in [5.74, 6) is 0. The van der Waals surface area contributed by atoms with E-state index >= 15 is 0 Å². The number of rotatable bonds is 5. The number of aryl methyl sites for hydroxylation is 1. The highest BCUT2D eigenvalue weighted by molar-refractivity contribution is 6.08. The van der Waals surface area contributed by atoms with Crippen LogP contribution in [0.3, 0.4) is 0 Å². The van der Waals surface area contributed by atoms with E-state index < -0.39 is 0 Å². The van der Waals surface area contributed by atoms with Crippen molar-refractivity contribution in [3.8, 4) is 11.1 Å². The average molecular weight is 439 g/mol. The van der Waals surface area contributed by atoms with Crippen LogP contribution in [0.1, 0.15) is 12.5 Å². The van der Waals surface area contributed by atoms with Gasteiger partial charge in [0.25, 0.3) is 0 Å². The smallest absolute Gasteiger partial charge is 0.0465 e. The molecule has 2 nitrogen and oxygen atoms in total. The Morgan fingerprint density at radius 2 is 1.06 bits per heavy atom. The minimum Gasteiger partial charge on any atom is -0.355 e. The number of anilines is 3. The van der Waals surface area contributed by atoms with Crippen molar-refractivity contribution >= 4 is 38.9 Å². The minimum absolute atomic E-state index is 1.04. The molecule has 0 aliphatic rings. The van der Waals surface area contributed by atoms with Crippen LogP contribution in [0.2, 0.25) is 0 Å². The van der Waals surface area contributed by atoms with Crippen LogP contribution in [0.25, 0.3) is 32.9 Å². The molecule has 6 aromatic rings. The molecule has 1 N–H and O–H groups in total. The zero-order valence-electron chi connectivity index (χ0n) is 19.2. The molecule has 0 spiro atoms. The van der Waals surface area contributed by atoms with Gasteiger partial charge < -0.3 is 9.88 Å². The largest absolute Gasteiger partial charge is 0.355 e. The van der Waals surface area contributed by atoms with E-state index in [4.69, 9.17) is 0 Å². The lowest BCUT2D eigenvalue weighted by Gasteiger charge is -2.25. The van der Waals surface area contributed by atoms with Crippen LogP contribution in [-0.4, -0.2) is 4.98 Å². The van der Waals surface area contributed by atoms with Crippen molar-refractivity contribution in [1.82, 2.24) is 4.98 Å². The number of hydrogen-bond acceptors (Lipinski definition) is 1. The first kappa shape index (κ1) is 20.3. The molecular weight excluding hydrogens is 412 g/mol. The molecule has 0 bridgehead atoms. The molecule has 0 amide bonds. The monoisotopic (exact) mass is 438 g/mol. The van der Waals surface area contributed by atoms with Crippen LogP contribution in [0.15, 0.2) is 121 Å². The van der Waals surface area contributed by atoms with Gasteiger partial charge in [0.05, 0.1) is 0 Å². The molecule has 0 saturated heterocycles. The van der Waals surface area contributed by atoms with E-state index in [1.165, 1.54) is 38.5 Å². The molecule has 5 aromatic carbocycles. The Balaban J connectivity index is 1.41. The first-order chi connectivity index (χ1) is 16.8. The summed E-state index contributed by atoms with van der Waals surface area (Å²) in [6, 6.07) is 43.4. The fraction of sp³-hybridized carbons (Fsp3) is 0.0625. The van der Waals surface area contributed by atoms with Crippen molar-refractivity contribution in [2.45, 2.75) is 13.3 Å². The van der Waals surface area contributed by atoms with Crippen LogP contribution in [0.4, 0.5) is 17.1 Å². The van der Waals surface area contributed by atoms with Gasteiger partial charge in [-0.3, -0.25) is 0 Å². The standard InChI is InChI=1S/C32H26N2/c1-2-23-13-19-31-29(21-23)30-22-25(16-20-32(30)33-31)24-14-17-28(18-15-24)34(26-9-5-3-6-10-26)27-11-7-4-8-12-27/h3-22,33H,2H2,1H3. The molecule has 0 aliphatic carbocycles. The number of benzene rings is 5. The number of fused-ring (bicyclic) bond motifs is 3. The Labute approximate surface area is 200 Å². The summed E-state index contributed by atoms with van der Waals surface area (Å²) < 4.78 is 0. The Morgan fingerprint density at radius 1 is 0.529 bits per heavy atom. The van der Waals surface area contributed by atoms with Crippen LogP contribution in [0, 0.1) is 0 Å². The van der Waals surface area contributed by atoms with Crippen LogP contribution in [0.5, 0.6) is 0 Å². The van der Waals surface area contributed by atoms with Gasteiger partial charge in [-0.25, -0.2) is 0 Å². The summed E-state index contributed by atoms with van der Waals surface area (Å²) in [5.41, 5.74) is 9.62. The average Bonchev–Trinajstić information content (AvgIpc) is 3.27. The third-order valence-corrected chi connectivity index (χ3v) is 6.56. The Kier molecular flexibility index (Phi) is 5.12. The Bertz CT molecular complexity index is 1520. The summed E-state index contributed by atoms with van der Waals surface area (Å²) >= 11 is 0. The summed E-state index contributed by atoms with van der Waals surface area (Å²) in [5, 5.41) is 2.58. The van der Waals surface area contributed by atoms with E-state index in [0.717, 1.165) is 23.5 Å². The lowest BCUT2D eigenvalue weighted by atomic mass is 10.0. The number of nitrogens with zero attached hydrogens (tertiary/aromatic N) is 1. The van der Waals surface area contributed by atoms with E-state index in [0.29, 0.717) is 0 Å². The number of para-hydroxylation sites is 2. The molecule has 0 unspecified atom stereocenters. The molecule has 0 saturated carbocycles. The number of nitrogens with one attached hydrogen (secondary N) is 1. The van der Waals surface area contributed by atoms with Gasteiger partial charge >= 0.3 is 0 Å². The molecule has 1 aromatic heterocycles. The Hall–Kier alpha value is -4.30. The van der Waals surface area contributed by atoms with Gasteiger partial charge in [-0.1, -0.05) is 67.6 Å². The van der Waals surface area contributed by atoms with Gasteiger partial charge in [-0.05, 0) is 83.8 Å². The van der Waals surface area contributed by atoms with E-state index in [1.807, 2.05) is 0 Å². The van der Waals surface area contributed by atoms with Crippen molar-refractivity contribution < 1.29 is 0 Å². The van der Waals surface area contributed by atoms with Crippen LogP contribution in [-0.2, 0) is 6.42 Å². The number of aromatic nitrogens is 1. The lowest BCUT2D eigenvalue weighted by Crippen LogP contribution is -2.09.